The van der Waals surface area contributed by atoms with Gasteiger partial charge in [-0.05, 0) is 116 Å². The summed E-state index contributed by atoms with van der Waals surface area (Å²) >= 11 is 0. The first-order chi connectivity index (χ1) is 13.9. The van der Waals surface area contributed by atoms with Crippen molar-refractivity contribution in [3.05, 3.63) is 11.6 Å². The molecule has 4 rings (SSSR count). The molecule has 1 N–H and O–H groups in total. The van der Waals surface area contributed by atoms with Crippen LogP contribution in [0.1, 0.15) is 119 Å². The van der Waals surface area contributed by atoms with E-state index < -0.39 is 5.60 Å². The highest BCUT2D eigenvalue weighted by molar-refractivity contribution is 5.27. The lowest BCUT2D eigenvalue weighted by molar-refractivity contribution is -0.0757. The van der Waals surface area contributed by atoms with Gasteiger partial charge in [0.25, 0.3) is 0 Å². The van der Waals surface area contributed by atoms with E-state index in [1.54, 1.807) is 5.57 Å². The van der Waals surface area contributed by atoms with Crippen molar-refractivity contribution in [3.8, 4) is 0 Å². The molecule has 0 aromatic carbocycles. The Morgan fingerprint density at radius 3 is 2.47 bits per heavy atom. The van der Waals surface area contributed by atoms with Gasteiger partial charge in [0.15, 0.2) is 0 Å². The zero-order valence-corrected chi connectivity index (χ0v) is 21.2. The third-order valence-electron chi connectivity index (χ3n) is 11.0. The monoisotopic (exact) mass is 414 g/mol. The van der Waals surface area contributed by atoms with Gasteiger partial charge >= 0.3 is 0 Å². The first kappa shape index (κ1) is 22.9. The molecule has 3 fully saturated rings. The van der Waals surface area contributed by atoms with Gasteiger partial charge in [-0.15, -0.1) is 0 Å². The van der Waals surface area contributed by atoms with Crippen LogP contribution >= 0.6 is 0 Å². The van der Waals surface area contributed by atoms with Gasteiger partial charge in [0.2, 0.25) is 0 Å². The second-order valence-electron chi connectivity index (χ2n) is 13.8. The van der Waals surface area contributed by atoms with Crippen molar-refractivity contribution < 1.29 is 5.11 Å². The quantitative estimate of drug-likeness (QED) is 0.460. The average molecular weight is 415 g/mol. The summed E-state index contributed by atoms with van der Waals surface area (Å²) < 4.78 is 0. The number of aliphatic hydroxyl groups is 1. The molecule has 0 aliphatic heterocycles. The molecule has 3 unspecified atom stereocenters. The van der Waals surface area contributed by atoms with Crippen LogP contribution in [0.15, 0.2) is 11.6 Å². The molecule has 0 aromatic rings. The molecule has 8 atom stereocenters. The van der Waals surface area contributed by atoms with Crippen molar-refractivity contribution in [2.75, 3.05) is 0 Å². The van der Waals surface area contributed by atoms with Crippen molar-refractivity contribution in [2.45, 2.75) is 125 Å². The summed E-state index contributed by atoms with van der Waals surface area (Å²) in [5.74, 6) is 4.49. The predicted octanol–water partition coefficient (Wildman–Crippen LogP) is 8.17. The zero-order chi connectivity index (χ0) is 21.9. The molecule has 1 nitrogen and oxygen atoms in total. The molecule has 0 saturated heterocycles. The van der Waals surface area contributed by atoms with Crippen molar-refractivity contribution >= 4 is 0 Å². The molecule has 4 aliphatic rings. The third-order valence-corrected chi connectivity index (χ3v) is 11.0. The third kappa shape index (κ3) is 3.74. The van der Waals surface area contributed by atoms with Crippen LogP contribution in [-0.2, 0) is 0 Å². The van der Waals surface area contributed by atoms with Gasteiger partial charge in [-0.3, -0.25) is 0 Å². The van der Waals surface area contributed by atoms with E-state index in [-0.39, 0.29) is 0 Å². The van der Waals surface area contributed by atoms with Gasteiger partial charge in [0.05, 0.1) is 5.60 Å². The molecular weight excluding hydrogens is 364 g/mol. The van der Waals surface area contributed by atoms with Gasteiger partial charge in [0, 0.05) is 0 Å². The highest BCUT2D eigenvalue weighted by Gasteiger charge is 2.59. The Balaban J connectivity index is 1.52. The topological polar surface area (TPSA) is 20.2 Å². The zero-order valence-electron chi connectivity index (χ0n) is 21.2. The van der Waals surface area contributed by atoms with Crippen LogP contribution in [-0.4, -0.2) is 10.7 Å². The molecule has 1 heteroatoms. The SMILES string of the molecule is CC[C@@]1(O)CC[C@@]2(C)C(=CCC3C2CC[C@@]2(C)C3CC[C@@H]2[C@H](C)CCC(C)(C)C)C1. The second kappa shape index (κ2) is 7.64. The van der Waals surface area contributed by atoms with Crippen molar-refractivity contribution in [1.82, 2.24) is 0 Å². The van der Waals surface area contributed by atoms with E-state index in [0.29, 0.717) is 16.2 Å². The van der Waals surface area contributed by atoms with Gasteiger partial charge in [-0.25, -0.2) is 0 Å². The Kier molecular flexibility index (Phi) is 5.82. The summed E-state index contributed by atoms with van der Waals surface area (Å²) in [5.41, 5.74) is 2.59. The molecule has 30 heavy (non-hydrogen) atoms. The Labute approximate surface area is 187 Å². The summed E-state index contributed by atoms with van der Waals surface area (Å²) in [6.07, 6.45) is 16.6. The number of hydrogen-bond donors (Lipinski definition) is 1. The van der Waals surface area contributed by atoms with E-state index in [2.05, 4.69) is 54.5 Å². The maximum absolute atomic E-state index is 11.0. The van der Waals surface area contributed by atoms with Gasteiger partial charge in [0.1, 0.15) is 0 Å². The molecule has 0 radical (unpaired) electrons. The fraction of sp³-hybridized carbons (Fsp3) is 0.931. The van der Waals surface area contributed by atoms with E-state index in [0.717, 1.165) is 48.9 Å². The fourth-order valence-electron chi connectivity index (χ4n) is 8.85. The van der Waals surface area contributed by atoms with Crippen LogP contribution in [0.2, 0.25) is 0 Å². The van der Waals surface area contributed by atoms with Crippen LogP contribution in [0.3, 0.4) is 0 Å². The fourth-order valence-corrected chi connectivity index (χ4v) is 8.85. The van der Waals surface area contributed by atoms with E-state index in [1.807, 2.05) is 0 Å². The Hall–Kier alpha value is -0.300. The molecule has 0 amide bonds. The Morgan fingerprint density at radius 2 is 1.80 bits per heavy atom. The predicted molar refractivity (Wildman–Crippen MR) is 128 cm³/mol. The number of rotatable bonds is 4. The first-order valence-corrected chi connectivity index (χ1v) is 13.3. The average Bonchev–Trinajstić information content (AvgIpc) is 3.03. The van der Waals surface area contributed by atoms with Crippen molar-refractivity contribution in [1.29, 1.82) is 0 Å². The minimum Gasteiger partial charge on any atom is -0.390 e. The number of fused-ring (bicyclic) bond motifs is 5. The van der Waals surface area contributed by atoms with Gasteiger partial charge in [-0.1, -0.05) is 60.1 Å². The summed E-state index contributed by atoms with van der Waals surface area (Å²) in [6, 6.07) is 0. The van der Waals surface area contributed by atoms with Crippen molar-refractivity contribution in [3.63, 3.8) is 0 Å². The Bertz CT molecular complexity index is 670. The minimum atomic E-state index is -0.428. The smallest absolute Gasteiger partial charge is 0.0682 e. The molecule has 0 heterocycles. The lowest BCUT2D eigenvalue weighted by Gasteiger charge is -2.59. The minimum absolute atomic E-state index is 0.363. The van der Waals surface area contributed by atoms with Crippen LogP contribution in [0.5, 0.6) is 0 Å². The van der Waals surface area contributed by atoms with Gasteiger partial charge < -0.3 is 5.11 Å². The molecule has 4 aliphatic carbocycles. The molecular formula is C29H50O. The van der Waals surface area contributed by atoms with Crippen LogP contribution < -0.4 is 0 Å². The maximum atomic E-state index is 11.0. The van der Waals surface area contributed by atoms with E-state index in [4.69, 9.17) is 0 Å². The second-order valence-corrected chi connectivity index (χ2v) is 13.8. The highest BCUT2D eigenvalue weighted by atomic mass is 16.3. The van der Waals surface area contributed by atoms with Crippen LogP contribution in [0.4, 0.5) is 0 Å². The summed E-state index contributed by atoms with van der Waals surface area (Å²) in [4.78, 5) is 0. The lowest BCUT2D eigenvalue weighted by Crippen LogP contribution is -2.52. The molecule has 0 aromatic heterocycles. The van der Waals surface area contributed by atoms with E-state index >= 15 is 0 Å². The summed E-state index contributed by atoms with van der Waals surface area (Å²) in [6.45, 7) is 17.2. The van der Waals surface area contributed by atoms with Crippen LogP contribution in [0, 0.1) is 45.8 Å². The molecule has 0 spiro atoms. The van der Waals surface area contributed by atoms with E-state index in [9.17, 15) is 5.11 Å². The largest absolute Gasteiger partial charge is 0.390 e. The van der Waals surface area contributed by atoms with E-state index in [1.165, 1.54) is 51.4 Å². The normalized spacial score (nSPS) is 47.1. The maximum Gasteiger partial charge on any atom is 0.0682 e. The lowest BCUT2D eigenvalue weighted by atomic mass is 9.46. The molecule has 0 bridgehead atoms. The van der Waals surface area contributed by atoms with Crippen LogP contribution in [0.25, 0.3) is 0 Å². The Morgan fingerprint density at radius 1 is 1.07 bits per heavy atom. The highest BCUT2D eigenvalue weighted by Crippen LogP contribution is 2.67. The number of allylic oxidation sites excluding steroid dienone is 1. The summed E-state index contributed by atoms with van der Waals surface area (Å²) in [5, 5.41) is 11.0. The first-order valence-electron chi connectivity index (χ1n) is 13.3. The number of hydrogen-bond acceptors (Lipinski definition) is 1. The summed E-state index contributed by atoms with van der Waals surface area (Å²) in [7, 11) is 0. The molecule has 3 saturated carbocycles. The van der Waals surface area contributed by atoms with Gasteiger partial charge in [-0.2, -0.15) is 0 Å². The van der Waals surface area contributed by atoms with Crippen molar-refractivity contribution in [2.24, 2.45) is 45.8 Å². The standard InChI is InChI=1S/C29H50O/c1-8-29(30)18-17-27(6)21(19-29)9-10-22-24-12-11-23(20(2)13-15-26(3,4)5)28(24,7)16-14-25(22)27/h9,20,22-25,30H,8,10-19H2,1-7H3/t20-,22?,23-,24?,25?,27+,28-,29-/m1/s1. The molecule has 172 valence electrons.